The Morgan fingerprint density at radius 2 is 2.29 bits per heavy atom. The van der Waals surface area contributed by atoms with Crippen molar-refractivity contribution in [2.75, 3.05) is 0 Å². The number of nitrogens with zero attached hydrogens (tertiary/aromatic N) is 4. The minimum Gasteiger partial charge on any atom is -0.244 e. The second-order valence-corrected chi connectivity index (χ2v) is 5.94. The summed E-state index contributed by atoms with van der Waals surface area (Å²) in [4.78, 5) is 8.09. The SMILES string of the molecule is Cc1nnc(Sc2ncncc2I)s1. The van der Waals surface area contributed by atoms with Crippen molar-refractivity contribution in [3.05, 3.63) is 21.1 Å². The van der Waals surface area contributed by atoms with Gasteiger partial charge in [-0.1, -0.05) is 11.3 Å². The highest BCUT2D eigenvalue weighted by Gasteiger charge is 2.07. The van der Waals surface area contributed by atoms with Gasteiger partial charge in [-0.2, -0.15) is 0 Å². The van der Waals surface area contributed by atoms with Gasteiger partial charge >= 0.3 is 0 Å². The first-order valence-corrected chi connectivity index (χ1v) is 6.40. The maximum absolute atomic E-state index is 4.17. The van der Waals surface area contributed by atoms with Crippen molar-refractivity contribution >= 4 is 45.7 Å². The summed E-state index contributed by atoms with van der Waals surface area (Å²) in [5.74, 6) is 0. The third-order valence-corrected chi connectivity index (χ3v) is 4.39. The van der Waals surface area contributed by atoms with E-state index >= 15 is 0 Å². The van der Waals surface area contributed by atoms with Gasteiger partial charge in [-0.25, -0.2) is 9.97 Å². The molecule has 0 bridgehead atoms. The standard InChI is InChI=1S/C7H5IN4S2/c1-4-11-12-7(13-4)14-6-5(8)2-9-3-10-6/h2-3H,1H3. The molecule has 0 N–H and O–H groups in total. The first-order chi connectivity index (χ1) is 6.75. The van der Waals surface area contributed by atoms with E-state index in [4.69, 9.17) is 0 Å². The Kier molecular flexibility index (Phi) is 3.29. The number of halogens is 1. The van der Waals surface area contributed by atoms with E-state index in [0.29, 0.717) is 0 Å². The molecule has 0 spiro atoms. The van der Waals surface area contributed by atoms with Crippen molar-refractivity contribution in [1.29, 1.82) is 0 Å². The molecule has 0 saturated carbocycles. The summed E-state index contributed by atoms with van der Waals surface area (Å²) in [5, 5.41) is 9.86. The molecule has 0 saturated heterocycles. The van der Waals surface area contributed by atoms with Crippen LogP contribution >= 0.6 is 45.7 Å². The fourth-order valence-corrected chi connectivity index (χ4v) is 3.09. The summed E-state index contributed by atoms with van der Waals surface area (Å²) in [5.41, 5.74) is 0. The first-order valence-electron chi connectivity index (χ1n) is 3.69. The zero-order valence-corrected chi connectivity index (χ0v) is 10.9. The number of rotatable bonds is 2. The molecule has 0 unspecified atom stereocenters. The van der Waals surface area contributed by atoms with Gasteiger partial charge in [0.15, 0.2) is 4.34 Å². The number of aryl methyl sites for hydroxylation is 1. The lowest BCUT2D eigenvalue weighted by Crippen LogP contribution is -1.85. The van der Waals surface area contributed by atoms with Crippen LogP contribution in [-0.2, 0) is 0 Å². The predicted octanol–water partition coefficient (Wildman–Crippen LogP) is 2.39. The van der Waals surface area contributed by atoms with Crippen molar-refractivity contribution in [2.24, 2.45) is 0 Å². The van der Waals surface area contributed by atoms with E-state index in [-0.39, 0.29) is 0 Å². The lowest BCUT2D eigenvalue weighted by molar-refractivity contribution is 0.973. The van der Waals surface area contributed by atoms with E-state index in [1.54, 1.807) is 23.9 Å². The monoisotopic (exact) mass is 336 g/mol. The van der Waals surface area contributed by atoms with Crippen LogP contribution in [0.5, 0.6) is 0 Å². The second kappa shape index (κ2) is 4.49. The molecule has 0 atom stereocenters. The Morgan fingerprint density at radius 3 is 2.93 bits per heavy atom. The van der Waals surface area contributed by atoms with Crippen LogP contribution in [0, 0.1) is 10.5 Å². The van der Waals surface area contributed by atoms with E-state index in [9.17, 15) is 0 Å². The number of hydrogen-bond acceptors (Lipinski definition) is 6. The molecule has 72 valence electrons. The molecule has 2 heterocycles. The maximum Gasteiger partial charge on any atom is 0.180 e. The quantitative estimate of drug-likeness (QED) is 0.623. The predicted molar refractivity (Wildman–Crippen MR) is 63.5 cm³/mol. The average molecular weight is 336 g/mol. The Labute approximate surface area is 103 Å². The van der Waals surface area contributed by atoms with Crippen molar-refractivity contribution < 1.29 is 0 Å². The van der Waals surface area contributed by atoms with E-state index in [1.165, 1.54) is 11.8 Å². The average Bonchev–Trinajstić information content (AvgIpc) is 2.56. The molecular formula is C7H5IN4S2. The summed E-state index contributed by atoms with van der Waals surface area (Å²) < 4.78 is 1.95. The van der Waals surface area contributed by atoms with Crippen LogP contribution < -0.4 is 0 Å². The molecule has 7 heteroatoms. The number of aromatic nitrogens is 4. The molecule has 2 aromatic rings. The van der Waals surface area contributed by atoms with Gasteiger partial charge in [0.2, 0.25) is 0 Å². The van der Waals surface area contributed by atoms with Gasteiger partial charge in [0, 0.05) is 6.20 Å². The van der Waals surface area contributed by atoms with Gasteiger partial charge < -0.3 is 0 Å². The molecule has 0 aliphatic heterocycles. The molecule has 0 radical (unpaired) electrons. The summed E-state index contributed by atoms with van der Waals surface area (Å²) in [6, 6.07) is 0. The normalized spacial score (nSPS) is 10.4. The van der Waals surface area contributed by atoms with Crippen LogP contribution in [-0.4, -0.2) is 20.2 Å². The van der Waals surface area contributed by atoms with Gasteiger partial charge in [-0.05, 0) is 41.3 Å². The number of hydrogen-bond donors (Lipinski definition) is 0. The Morgan fingerprint density at radius 1 is 1.43 bits per heavy atom. The van der Waals surface area contributed by atoms with Crippen molar-refractivity contribution in [1.82, 2.24) is 20.2 Å². The summed E-state index contributed by atoms with van der Waals surface area (Å²) in [7, 11) is 0. The van der Waals surface area contributed by atoms with Crippen LogP contribution in [0.4, 0.5) is 0 Å². The summed E-state index contributed by atoms with van der Waals surface area (Å²) >= 11 is 5.29. The van der Waals surface area contributed by atoms with Crippen molar-refractivity contribution in [3.63, 3.8) is 0 Å². The molecule has 0 aliphatic rings. The fourth-order valence-electron chi connectivity index (χ4n) is 0.779. The summed E-state index contributed by atoms with van der Waals surface area (Å²) in [6.45, 7) is 1.94. The summed E-state index contributed by atoms with van der Waals surface area (Å²) in [6.07, 6.45) is 3.32. The molecule has 0 aromatic carbocycles. The zero-order chi connectivity index (χ0) is 9.97. The highest BCUT2D eigenvalue weighted by molar-refractivity contribution is 14.1. The topological polar surface area (TPSA) is 51.6 Å². The minimum absolute atomic E-state index is 0.916. The van der Waals surface area contributed by atoms with Gasteiger partial charge in [-0.15, -0.1) is 10.2 Å². The lowest BCUT2D eigenvalue weighted by atomic mass is 10.7. The van der Waals surface area contributed by atoms with Crippen LogP contribution in [0.25, 0.3) is 0 Å². The van der Waals surface area contributed by atoms with Gasteiger partial charge in [-0.3, -0.25) is 0 Å². The molecule has 4 nitrogen and oxygen atoms in total. The van der Waals surface area contributed by atoms with Crippen LogP contribution in [0.2, 0.25) is 0 Å². The highest BCUT2D eigenvalue weighted by atomic mass is 127. The van der Waals surface area contributed by atoms with E-state index in [2.05, 4.69) is 42.8 Å². The van der Waals surface area contributed by atoms with Crippen LogP contribution in [0.3, 0.4) is 0 Å². The molecule has 0 aliphatic carbocycles. The molecular weight excluding hydrogens is 331 g/mol. The molecule has 2 aromatic heterocycles. The Balaban J connectivity index is 2.23. The van der Waals surface area contributed by atoms with Crippen molar-refractivity contribution in [3.8, 4) is 0 Å². The van der Waals surface area contributed by atoms with Gasteiger partial charge in [0.1, 0.15) is 16.4 Å². The van der Waals surface area contributed by atoms with E-state index in [0.717, 1.165) is 17.9 Å². The fraction of sp³-hybridized carbons (Fsp3) is 0.143. The van der Waals surface area contributed by atoms with E-state index in [1.807, 2.05) is 6.92 Å². The smallest absolute Gasteiger partial charge is 0.180 e. The zero-order valence-electron chi connectivity index (χ0n) is 7.14. The maximum atomic E-state index is 4.17. The minimum atomic E-state index is 0.916. The third-order valence-electron chi connectivity index (χ3n) is 1.33. The van der Waals surface area contributed by atoms with Crippen molar-refractivity contribution in [2.45, 2.75) is 16.3 Å². The third kappa shape index (κ3) is 2.39. The van der Waals surface area contributed by atoms with E-state index < -0.39 is 0 Å². The second-order valence-electron chi connectivity index (χ2n) is 2.36. The van der Waals surface area contributed by atoms with Gasteiger partial charge in [0.05, 0.1) is 3.57 Å². The van der Waals surface area contributed by atoms with Crippen LogP contribution in [0.1, 0.15) is 5.01 Å². The van der Waals surface area contributed by atoms with Crippen LogP contribution in [0.15, 0.2) is 21.9 Å². The Bertz CT molecular complexity index is 445. The first kappa shape index (κ1) is 10.2. The Hall–Kier alpha value is -0.280. The molecule has 0 fully saturated rings. The molecule has 0 amide bonds. The highest BCUT2D eigenvalue weighted by Crippen LogP contribution is 2.30. The largest absolute Gasteiger partial charge is 0.244 e. The lowest BCUT2D eigenvalue weighted by Gasteiger charge is -1.96. The molecule has 2 rings (SSSR count). The molecule has 14 heavy (non-hydrogen) atoms. The van der Waals surface area contributed by atoms with Gasteiger partial charge in [0.25, 0.3) is 0 Å².